The van der Waals surface area contributed by atoms with Gasteiger partial charge in [0.2, 0.25) is 11.8 Å². The van der Waals surface area contributed by atoms with Gasteiger partial charge in [-0.2, -0.15) is 0 Å². The number of likely N-dealkylation sites (N-methyl/N-ethyl adjacent to an activating group) is 1. The van der Waals surface area contributed by atoms with Gasteiger partial charge < -0.3 is 15.1 Å². The number of benzene rings is 1. The number of amides is 2. The SMILES string of the molecule is CN(C)CCNC(=O)C1CCN(C(=O)Cc2ccc(F)cc2)CC1. The summed E-state index contributed by atoms with van der Waals surface area (Å²) in [6.45, 7) is 2.67. The summed E-state index contributed by atoms with van der Waals surface area (Å²) in [4.78, 5) is 28.2. The molecule has 6 heteroatoms. The van der Waals surface area contributed by atoms with Gasteiger partial charge in [0.05, 0.1) is 6.42 Å². The van der Waals surface area contributed by atoms with Gasteiger partial charge in [0, 0.05) is 32.1 Å². The Morgan fingerprint density at radius 3 is 2.42 bits per heavy atom. The molecule has 0 aromatic heterocycles. The molecule has 1 aliphatic rings. The van der Waals surface area contributed by atoms with Crippen LogP contribution in [0, 0.1) is 11.7 Å². The number of halogens is 1. The first-order chi connectivity index (χ1) is 11.5. The number of piperidine rings is 1. The number of carbonyl (C=O) groups is 2. The van der Waals surface area contributed by atoms with Crippen LogP contribution in [0.5, 0.6) is 0 Å². The number of likely N-dealkylation sites (tertiary alicyclic amines) is 1. The van der Waals surface area contributed by atoms with Crippen LogP contribution in [0.25, 0.3) is 0 Å². The number of nitrogens with zero attached hydrogens (tertiary/aromatic N) is 2. The van der Waals surface area contributed by atoms with Gasteiger partial charge in [0.15, 0.2) is 0 Å². The van der Waals surface area contributed by atoms with E-state index in [0.29, 0.717) is 32.5 Å². The Balaban J connectivity index is 1.74. The minimum Gasteiger partial charge on any atom is -0.355 e. The highest BCUT2D eigenvalue weighted by Gasteiger charge is 2.27. The van der Waals surface area contributed by atoms with Gasteiger partial charge in [-0.3, -0.25) is 9.59 Å². The van der Waals surface area contributed by atoms with Crippen molar-refractivity contribution in [3.05, 3.63) is 35.6 Å². The summed E-state index contributed by atoms with van der Waals surface area (Å²) in [5.41, 5.74) is 0.810. The van der Waals surface area contributed by atoms with Gasteiger partial charge in [0.25, 0.3) is 0 Å². The highest BCUT2D eigenvalue weighted by atomic mass is 19.1. The van der Waals surface area contributed by atoms with Crippen LogP contribution < -0.4 is 5.32 Å². The molecule has 1 fully saturated rings. The van der Waals surface area contributed by atoms with Crippen LogP contribution in [-0.4, -0.2) is 61.9 Å². The van der Waals surface area contributed by atoms with Crippen molar-refractivity contribution in [2.45, 2.75) is 19.3 Å². The maximum atomic E-state index is 12.9. The van der Waals surface area contributed by atoms with Crippen LogP contribution in [0.2, 0.25) is 0 Å². The smallest absolute Gasteiger partial charge is 0.226 e. The van der Waals surface area contributed by atoms with E-state index in [1.54, 1.807) is 17.0 Å². The first kappa shape index (κ1) is 18.4. The monoisotopic (exact) mass is 335 g/mol. The molecule has 2 rings (SSSR count). The molecule has 0 radical (unpaired) electrons. The molecule has 0 spiro atoms. The van der Waals surface area contributed by atoms with Crippen molar-refractivity contribution in [1.29, 1.82) is 0 Å². The summed E-state index contributed by atoms with van der Waals surface area (Å²) in [5, 5.41) is 2.95. The second-order valence-electron chi connectivity index (χ2n) is 6.55. The van der Waals surface area contributed by atoms with Crippen LogP contribution in [0.3, 0.4) is 0 Å². The molecule has 1 heterocycles. The number of hydrogen-bond acceptors (Lipinski definition) is 3. The fourth-order valence-corrected chi connectivity index (χ4v) is 2.83. The van der Waals surface area contributed by atoms with Crippen molar-refractivity contribution in [3.8, 4) is 0 Å². The van der Waals surface area contributed by atoms with Crippen LogP contribution in [0.15, 0.2) is 24.3 Å². The Morgan fingerprint density at radius 2 is 1.83 bits per heavy atom. The molecule has 0 unspecified atom stereocenters. The summed E-state index contributed by atoms with van der Waals surface area (Å²) >= 11 is 0. The van der Waals surface area contributed by atoms with Crippen molar-refractivity contribution in [3.63, 3.8) is 0 Å². The first-order valence-electron chi connectivity index (χ1n) is 8.40. The molecule has 1 saturated heterocycles. The molecule has 0 atom stereocenters. The maximum Gasteiger partial charge on any atom is 0.226 e. The molecular weight excluding hydrogens is 309 g/mol. The number of nitrogens with one attached hydrogen (secondary N) is 1. The lowest BCUT2D eigenvalue weighted by atomic mass is 9.95. The highest BCUT2D eigenvalue weighted by Crippen LogP contribution is 2.18. The third-order valence-corrected chi connectivity index (χ3v) is 4.35. The topological polar surface area (TPSA) is 52.7 Å². The van der Waals surface area contributed by atoms with E-state index in [2.05, 4.69) is 5.32 Å². The molecule has 24 heavy (non-hydrogen) atoms. The Morgan fingerprint density at radius 1 is 1.21 bits per heavy atom. The van der Waals surface area contributed by atoms with E-state index in [0.717, 1.165) is 12.1 Å². The Labute approximate surface area is 142 Å². The lowest BCUT2D eigenvalue weighted by molar-refractivity contribution is -0.135. The van der Waals surface area contributed by atoms with E-state index in [-0.39, 0.29) is 30.0 Å². The van der Waals surface area contributed by atoms with Crippen LogP contribution in [-0.2, 0) is 16.0 Å². The van der Waals surface area contributed by atoms with Crippen molar-refractivity contribution in [1.82, 2.24) is 15.1 Å². The maximum absolute atomic E-state index is 12.9. The second kappa shape index (κ2) is 8.78. The highest BCUT2D eigenvalue weighted by molar-refractivity contribution is 5.81. The Hall–Kier alpha value is -1.95. The fourth-order valence-electron chi connectivity index (χ4n) is 2.83. The molecule has 1 aliphatic heterocycles. The van der Waals surface area contributed by atoms with Gasteiger partial charge in [-0.15, -0.1) is 0 Å². The van der Waals surface area contributed by atoms with E-state index >= 15 is 0 Å². The van der Waals surface area contributed by atoms with Crippen LogP contribution in [0.1, 0.15) is 18.4 Å². The lowest BCUT2D eigenvalue weighted by Gasteiger charge is -2.31. The molecule has 1 N–H and O–H groups in total. The van der Waals surface area contributed by atoms with Crippen molar-refractivity contribution < 1.29 is 14.0 Å². The average Bonchev–Trinajstić information content (AvgIpc) is 2.56. The van der Waals surface area contributed by atoms with E-state index < -0.39 is 0 Å². The third-order valence-electron chi connectivity index (χ3n) is 4.35. The molecule has 1 aromatic rings. The number of rotatable bonds is 6. The van der Waals surface area contributed by atoms with Gasteiger partial charge >= 0.3 is 0 Å². The summed E-state index contributed by atoms with van der Waals surface area (Å²) in [7, 11) is 3.94. The zero-order valence-electron chi connectivity index (χ0n) is 14.4. The van der Waals surface area contributed by atoms with E-state index in [9.17, 15) is 14.0 Å². The van der Waals surface area contributed by atoms with Crippen molar-refractivity contribution in [2.75, 3.05) is 40.3 Å². The quantitative estimate of drug-likeness (QED) is 0.852. The third kappa shape index (κ3) is 5.60. The minimum atomic E-state index is -0.299. The Bertz CT molecular complexity index is 552. The molecule has 0 saturated carbocycles. The molecule has 0 aliphatic carbocycles. The van der Waals surface area contributed by atoms with Crippen molar-refractivity contribution in [2.24, 2.45) is 5.92 Å². The zero-order valence-corrected chi connectivity index (χ0v) is 14.4. The zero-order chi connectivity index (χ0) is 17.5. The van der Waals surface area contributed by atoms with Crippen LogP contribution >= 0.6 is 0 Å². The first-order valence-corrected chi connectivity index (χ1v) is 8.40. The summed E-state index contributed by atoms with van der Waals surface area (Å²) < 4.78 is 12.9. The number of hydrogen-bond donors (Lipinski definition) is 1. The molecule has 1 aromatic carbocycles. The second-order valence-corrected chi connectivity index (χ2v) is 6.55. The molecular formula is C18H26FN3O2. The minimum absolute atomic E-state index is 0.0120. The molecule has 0 bridgehead atoms. The van der Waals surface area contributed by atoms with Gasteiger partial charge in [0.1, 0.15) is 5.82 Å². The normalized spacial score (nSPS) is 15.6. The van der Waals surface area contributed by atoms with Gasteiger partial charge in [-0.1, -0.05) is 12.1 Å². The number of carbonyl (C=O) groups excluding carboxylic acids is 2. The molecule has 5 nitrogen and oxygen atoms in total. The van der Waals surface area contributed by atoms with E-state index in [1.807, 2.05) is 19.0 Å². The molecule has 132 valence electrons. The average molecular weight is 335 g/mol. The summed E-state index contributed by atoms with van der Waals surface area (Å²) in [5.74, 6) is -0.190. The largest absolute Gasteiger partial charge is 0.355 e. The lowest BCUT2D eigenvalue weighted by Crippen LogP contribution is -2.44. The Kier molecular flexibility index (Phi) is 6.73. The van der Waals surface area contributed by atoms with Crippen LogP contribution in [0.4, 0.5) is 4.39 Å². The predicted octanol–water partition coefficient (Wildman–Crippen LogP) is 1.28. The van der Waals surface area contributed by atoms with Gasteiger partial charge in [-0.05, 0) is 44.6 Å². The molecule has 2 amide bonds. The van der Waals surface area contributed by atoms with Gasteiger partial charge in [-0.25, -0.2) is 4.39 Å². The summed E-state index contributed by atoms with van der Waals surface area (Å²) in [6, 6.07) is 6.01. The van der Waals surface area contributed by atoms with E-state index in [1.165, 1.54) is 12.1 Å². The standard InChI is InChI=1S/C18H26FN3O2/c1-21(2)12-9-20-18(24)15-7-10-22(11-8-15)17(23)13-14-3-5-16(19)6-4-14/h3-6,15H,7-13H2,1-2H3,(H,20,24). The van der Waals surface area contributed by atoms with E-state index in [4.69, 9.17) is 0 Å². The predicted molar refractivity (Wildman–Crippen MR) is 91.0 cm³/mol. The summed E-state index contributed by atoms with van der Waals surface area (Å²) in [6.07, 6.45) is 1.67. The van der Waals surface area contributed by atoms with Crippen molar-refractivity contribution >= 4 is 11.8 Å². The fraction of sp³-hybridized carbons (Fsp3) is 0.556.